The molecule has 0 atom stereocenters. The Morgan fingerprint density at radius 1 is 1.25 bits per heavy atom. The zero-order valence-electron chi connectivity index (χ0n) is 11.4. The molecule has 0 unspecified atom stereocenters. The molecule has 0 amide bonds. The monoisotopic (exact) mass is 271 g/mol. The van der Waals surface area contributed by atoms with E-state index in [0.717, 1.165) is 30.8 Å². The maximum absolute atomic E-state index is 5.85. The molecule has 5 nitrogen and oxygen atoms in total. The van der Waals surface area contributed by atoms with Crippen LogP contribution in [-0.4, -0.2) is 23.1 Å². The average Bonchev–Trinajstić information content (AvgIpc) is 2.48. The minimum absolute atomic E-state index is 0.441. The van der Waals surface area contributed by atoms with Crippen molar-refractivity contribution in [2.24, 2.45) is 0 Å². The van der Waals surface area contributed by atoms with Gasteiger partial charge in [0.25, 0.3) is 0 Å². The van der Waals surface area contributed by atoms with Crippen molar-refractivity contribution in [3.63, 3.8) is 0 Å². The number of aromatic nitrogens is 2. The highest BCUT2D eigenvalue weighted by atomic mass is 16.5. The van der Waals surface area contributed by atoms with Crippen LogP contribution in [-0.2, 0) is 6.42 Å². The summed E-state index contributed by atoms with van der Waals surface area (Å²) in [4.78, 5) is 8.35. The van der Waals surface area contributed by atoms with E-state index in [1.54, 1.807) is 12.4 Å². The van der Waals surface area contributed by atoms with E-state index in [1.807, 2.05) is 19.1 Å². The highest BCUT2D eigenvalue weighted by Crippen LogP contribution is 2.34. The molecular weight excluding hydrogens is 254 g/mol. The van der Waals surface area contributed by atoms with Crippen molar-refractivity contribution >= 4 is 5.69 Å². The Kier molecular flexibility index (Phi) is 3.67. The van der Waals surface area contributed by atoms with Gasteiger partial charge in [0.05, 0.1) is 24.7 Å². The topological polar surface area (TPSA) is 56.3 Å². The molecule has 1 aliphatic heterocycles. The Hall–Kier alpha value is -2.30. The molecule has 1 N–H and O–H groups in total. The predicted octanol–water partition coefficient (Wildman–Crippen LogP) is 3.03. The van der Waals surface area contributed by atoms with Crippen LogP contribution in [0.25, 0.3) is 0 Å². The lowest BCUT2D eigenvalue weighted by Crippen LogP contribution is -2.12. The third-order valence-electron chi connectivity index (χ3n) is 3.13. The lowest BCUT2D eigenvalue weighted by Gasteiger charge is -2.20. The second-order valence-corrected chi connectivity index (χ2v) is 4.55. The van der Waals surface area contributed by atoms with Crippen LogP contribution in [0.2, 0.25) is 0 Å². The van der Waals surface area contributed by atoms with Crippen LogP contribution in [0.15, 0.2) is 30.6 Å². The molecule has 1 aromatic carbocycles. The third-order valence-corrected chi connectivity index (χ3v) is 3.13. The maximum atomic E-state index is 5.85. The number of hydrogen-bond donors (Lipinski definition) is 1. The molecule has 0 spiro atoms. The van der Waals surface area contributed by atoms with Crippen LogP contribution in [0.4, 0.5) is 5.69 Å². The predicted molar refractivity (Wildman–Crippen MR) is 76.5 cm³/mol. The van der Waals surface area contributed by atoms with Gasteiger partial charge in [0.15, 0.2) is 5.75 Å². The highest BCUT2D eigenvalue weighted by Gasteiger charge is 2.14. The number of nitrogens with zero attached hydrogens (tertiary/aromatic N) is 2. The summed E-state index contributed by atoms with van der Waals surface area (Å²) < 4.78 is 11.2. The molecule has 1 aromatic heterocycles. The number of aryl methyl sites for hydroxylation is 1. The minimum atomic E-state index is 0.441. The van der Waals surface area contributed by atoms with Crippen molar-refractivity contribution in [1.82, 2.24) is 9.97 Å². The van der Waals surface area contributed by atoms with Gasteiger partial charge >= 0.3 is 0 Å². The molecule has 2 heterocycles. The lowest BCUT2D eigenvalue weighted by molar-refractivity contribution is 0.319. The fraction of sp³-hybridized carbons (Fsp3) is 0.333. The summed E-state index contributed by atoms with van der Waals surface area (Å²) in [5, 5.41) is 3.39. The molecule has 20 heavy (non-hydrogen) atoms. The Balaban J connectivity index is 1.86. The Morgan fingerprint density at radius 2 is 2.15 bits per heavy atom. The zero-order valence-corrected chi connectivity index (χ0v) is 11.4. The molecule has 5 heteroatoms. The zero-order chi connectivity index (χ0) is 13.8. The van der Waals surface area contributed by atoms with Gasteiger partial charge in [0.1, 0.15) is 0 Å². The van der Waals surface area contributed by atoms with E-state index < -0.39 is 0 Å². The van der Waals surface area contributed by atoms with Gasteiger partial charge in [-0.1, -0.05) is 12.1 Å². The summed E-state index contributed by atoms with van der Waals surface area (Å²) in [5.41, 5.74) is 2.34. The van der Waals surface area contributed by atoms with Crippen LogP contribution in [0.1, 0.15) is 18.9 Å². The van der Waals surface area contributed by atoms with Crippen molar-refractivity contribution in [3.05, 3.63) is 36.2 Å². The van der Waals surface area contributed by atoms with Gasteiger partial charge in [0, 0.05) is 6.54 Å². The number of ether oxygens (including phenoxy) is 2. The molecule has 104 valence electrons. The molecule has 0 saturated carbocycles. The summed E-state index contributed by atoms with van der Waals surface area (Å²) in [6, 6.07) is 6.06. The summed E-state index contributed by atoms with van der Waals surface area (Å²) in [6.07, 6.45) is 5.39. The molecule has 0 aliphatic carbocycles. The van der Waals surface area contributed by atoms with Gasteiger partial charge in [-0.3, -0.25) is 4.98 Å². The summed E-state index contributed by atoms with van der Waals surface area (Å²) >= 11 is 0. The maximum Gasteiger partial charge on any atom is 0.241 e. The van der Waals surface area contributed by atoms with E-state index in [2.05, 4.69) is 21.4 Å². The molecule has 0 bridgehead atoms. The number of hydrogen-bond acceptors (Lipinski definition) is 5. The Labute approximate surface area is 118 Å². The number of nitrogens with one attached hydrogen (secondary N) is 1. The minimum Gasteiger partial charge on any atom is -0.477 e. The van der Waals surface area contributed by atoms with Gasteiger partial charge < -0.3 is 14.8 Å². The summed E-state index contributed by atoms with van der Waals surface area (Å²) in [5.74, 6) is 1.70. The first-order chi connectivity index (χ1) is 9.86. The van der Waals surface area contributed by atoms with E-state index in [9.17, 15) is 0 Å². The van der Waals surface area contributed by atoms with Crippen LogP contribution in [0.3, 0.4) is 0 Å². The second kappa shape index (κ2) is 5.77. The van der Waals surface area contributed by atoms with Crippen molar-refractivity contribution < 1.29 is 9.47 Å². The van der Waals surface area contributed by atoms with Crippen LogP contribution < -0.4 is 14.8 Å². The second-order valence-electron chi connectivity index (χ2n) is 4.55. The smallest absolute Gasteiger partial charge is 0.241 e. The van der Waals surface area contributed by atoms with E-state index in [0.29, 0.717) is 18.4 Å². The number of benzene rings is 1. The normalized spacial score (nSPS) is 13.2. The van der Waals surface area contributed by atoms with Crippen molar-refractivity contribution in [1.29, 1.82) is 0 Å². The van der Waals surface area contributed by atoms with E-state index >= 15 is 0 Å². The van der Waals surface area contributed by atoms with E-state index in [1.165, 1.54) is 5.56 Å². The van der Waals surface area contributed by atoms with Crippen LogP contribution >= 0.6 is 0 Å². The standard InChI is InChI=1S/C15H17N3O2/c1-2-19-13-9-16-10-14(18-13)20-12-7-3-5-11-6-4-8-17-15(11)12/h3,5,7,9-10,17H,2,4,6,8H2,1H3. The number of para-hydroxylation sites is 1. The quantitative estimate of drug-likeness (QED) is 0.926. The van der Waals surface area contributed by atoms with Gasteiger partial charge in [-0.2, -0.15) is 4.98 Å². The molecule has 0 saturated heterocycles. The number of fused-ring (bicyclic) bond motifs is 1. The first-order valence-corrected chi connectivity index (χ1v) is 6.85. The largest absolute Gasteiger partial charge is 0.477 e. The van der Waals surface area contributed by atoms with Gasteiger partial charge in [-0.25, -0.2) is 0 Å². The fourth-order valence-corrected chi connectivity index (χ4v) is 2.27. The first-order valence-electron chi connectivity index (χ1n) is 6.85. The third kappa shape index (κ3) is 2.66. The fourth-order valence-electron chi connectivity index (χ4n) is 2.27. The summed E-state index contributed by atoms with van der Waals surface area (Å²) in [6.45, 7) is 3.44. The molecule has 2 aromatic rings. The Bertz CT molecular complexity index is 601. The van der Waals surface area contributed by atoms with Gasteiger partial charge in [0.2, 0.25) is 11.8 Å². The molecular formula is C15H17N3O2. The highest BCUT2D eigenvalue weighted by molar-refractivity contribution is 5.64. The van der Waals surface area contributed by atoms with Gasteiger partial charge in [-0.05, 0) is 31.4 Å². The van der Waals surface area contributed by atoms with Crippen LogP contribution in [0, 0.1) is 0 Å². The number of rotatable bonds is 4. The van der Waals surface area contributed by atoms with Crippen molar-refractivity contribution in [3.8, 4) is 17.5 Å². The molecule has 0 radical (unpaired) electrons. The van der Waals surface area contributed by atoms with Gasteiger partial charge in [-0.15, -0.1) is 0 Å². The SMILES string of the molecule is CCOc1cncc(Oc2cccc3c2NCCC3)n1. The molecule has 1 aliphatic rings. The number of anilines is 1. The van der Waals surface area contributed by atoms with E-state index in [4.69, 9.17) is 9.47 Å². The van der Waals surface area contributed by atoms with Crippen molar-refractivity contribution in [2.75, 3.05) is 18.5 Å². The van der Waals surface area contributed by atoms with Crippen LogP contribution in [0.5, 0.6) is 17.5 Å². The summed E-state index contributed by atoms with van der Waals surface area (Å²) in [7, 11) is 0. The van der Waals surface area contributed by atoms with E-state index in [-0.39, 0.29) is 0 Å². The molecule has 0 fully saturated rings. The molecule has 3 rings (SSSR count). The average molecular weight is 271 g/mol. The van der Waals surface area contributed by atoms with Crippen molar-refractivity contribution in [2.45, 2.75) is 19.8 Å². The first kappa shape index (κ1) is 12.7. The Morgan fingerprint density at radius 3 is 3.05 bits per heavy atom. The lowest BCUT2D eigenvalue weighted by atomic mass is 10.0.